The number of esters is 1. The first kappa shape index (κ1) is 20.1. The van der Waals surface area contributed by atoms with Gasteiger partial charge in [-0.3, -0.25) is 4.79 Å². The van der Waals surface area contributed by atoms with Crippen LogP contribution in [0.15, 0.2) is 48.5 Å². The lowest BCUT2D eigenvalue weighted by atomic mass is 10.2. The topological polar surface area (TPSA) is 82.4 Å². The second kappa shape index (κ2) is 8.55. The second-order valence-electron chi connectivity index (χ2n) is 6.39. The minimum Gasteiger partial charge on any atom is -0.497 e. The van der Waals surface area contributed by atoms with Crippen molar-refractivity contribution in [3.8, 4) is 11.4 Å². The molecule has 0 unspecified atom stereocenters. The Morgan fingerprint density at radius 2 is 1.83 bits per heavy atom. The molecule has 0 radical (unpaired) electrons. The van der Waals surface area contributed by atoms with Crippen molar-refractivity contribution in [2.45, 2.75) is 13.8 Å². The molecule has 0 aliphatic carbocycles. The maximum Gasteiger partial charge on any atom is 0.341 e. The lowest BCUT2D eigenvalue weighted by Crippen LogP contribution is -2.22. The van der Waals surface area contributed by atoms with Crippen LogP contribution in [0.25, 0.3) is 5.69 Å². The first-order valence-corrected chi connectivity index (χ1v) is 8.81. The van der Waals surface area contributed by atoms with Gasteiger partial charge in [0.15, 0.2) is 6.61 Å². The highest BCUT2D eigenvalue weighted by Gasteiger charge is 2.17. The van der Waals surface area contributed by atoms with Crippen LogP contribution >= 0.6 is 0 Å². The first-order chi connectivity index (χ1) is 13.9. The number of aryl methyl sites for hydroxylation is 2. The Hall–Kier alpha value is -3.68. The van der Waals surface area contributed by atoms with E-state index in [1.54, 1.807) is 17.7 Å². The largest absolute Gasteiger partial charge is 0.497 e. The Bertz CT molecular complexity index is 1040. The fraction of sp³-hybridized carbons (Fsp3) is 0.190. The van der Waals surface area contributed by atoms with Crippen molar-refractivity contribution < 1.29 is 23.5 Å². The van der Waals surface area contributed by atoms with Gasteiger partial charge in [0.1, 0.15) is 17.4 Å². The van der Waals surface area contributed by atoms with E-state index in [0.29, 0.717) is 11.5 Å². The number of hydrogen-bond donors (Lipinski definition) is 1. The zero-order valence-corrected chi connectivity index (χ0v) is 16.2. The average Bonchev–Trinajstić information content (AvgIpc) is 3.06. The van der Waals surface area contributed by atoms with E-state index >= 15 is 0 Å². The van der Waals surface area contributed by atoms with Crippen LogP contribution in [-0.2, 0) is 9.53 Å². The lowest BCUT2D eigenvalue weighted by molar-refractivity contribution is -0.119. The molecule has 0 aliphatic rings. The van der Waals surface area contributed by atoms with Gasteiger partial charge in [0.25, 0.3) is 5.91 Å². The molecule has 29 heavy (non-hydrogen) atoms. The van der Waals surface area contributed by atoms with Crippen LogP contribution in [0.4, 0.5) is 10.2 Å². The quantitative estimate of drug-likeness (QED) is 0.645. The van der Waals surface area contributed by atoms with Gasteiger partial charge in [-0.25, -0.2) is 13.9 Å². The molecule has 7 nitrogen and oxygen atoms in total. The van der Waals surface area contributed by atoms with Crippen molar-refractivity contribution >= 4 is 17.7 Å². The van der Waals surface area contributed by atoms with Gasteiger partial charge >= 0.3 is 5.97 Å². The third kappa shape index (κ3) is 4.78. The summed E-state index contributed by atoms with van der Waals surface area (Å²) in [5, 5.41) is 7.02. The molecule has 8 heteroatoms. The molecule has 0 atom stereocenters. The molecule has 1 aromatic heterocycles. The Balaban J connectivity index is 1.66. The number of nitrogens with one attached hydrogen (secondary N) is 1. The number of methoxy groups -OCH3 is 1. The number of amides is 1. The van der Waals surface area contributed by atoms with Crippen molar-refractivity contribution in [1.82, 2.24) is 9.78 Å². The van der Waals surface area contributed by atoms with Crippen molar-refractivity contribution in [3.63, 3.8) is 0 Å². The van der Waals surface area contributed by atoms with Crippen molar-refractivity contribution in [2.75, 3.05) is 19.0 Å². The van der Waals surface area contributed by atoms with Gasteiger partial charge in [0.05, 0.1) is 24.1 Å². The normalized spacial score (nSPS) is 10.5. The predicted molar refractivity (Wildman–Crippen MR) is 105 cm³/mol. The zero-order valence-electron chi connectivity index (χ0n) is 16.2. The summed E-state index contributed by atoms with van der Waals surface area (Å²) in [5.41, 5.74) is 2.30. The van der Waals surface area contributed by atoms with Gasteiger partial charge in [-0.2, -0.15) is 5.10 Å². The van der Waals surface area contributed by atoms with Crippen molar-refractivity contribution in [2.24, 2.45) is 0 Å². The Labute approximate surface area is 167 Å². The third-order valence-corrected chi connectivity index (χ3v) is 4.11. The summed E-state index contributed by atoms with van der Waals surface area (Å²) in [7, 11) is 1.39. The number of carbonyl (C=O) groups is 2. The minimum atomic E-state index is -0.941. The smallest absolute Gasteiger partial charge is 0.341 e. The molecule has 150 valence electrons. The maximum absolute atomic E-state index is 13.9. The maximum atomic E-state index is 13.9. The van der Waals surface area contributed by atoms with E-state index in [2.05, 4.69) is 10.4 Å². The van der Waals surface area contributed by atoms with Crippen LogP contribution in [0.2, 0.25) is 0 Å². The second-order valence-corrected chi connectivity index (χ2v) is 6.39. The molecular weight excluding hydrogens is 377 g/mol. The van der Waals surface area contributed by atoms with Crippen LogP contribution in [0.1, 0.15) is 21.6 Å². The monoisotopic (exact) mass is 397 g/mol. The molecule has 0 saturated carbocycles. The van der Waals surface area contributed by atoms with Gasteiger partial charge in [0, 0.05) is 12.1 Å². The van der Waals surface area contributed by atoms with Crippen LogP contribution in [-0.4, -0.2) is 35.4 Å². The van der Waals surface area contributed by atoms with E-state index in [0.717, 1.165) is 17.3 Å². The molecule has 0 spiro atoms. The van der Waals surface area contributed by atoms with Crippen LogP contribution < -0.4 is 10.1 Å². The van der Waals surface area contributed by atoms with Crippen molar-refractivity contribution in [3.05, 3.63) is 71.2 Å². The molecule has 3 rings (SSSR count). The third-order valence-electron chi connectivity index (χ3n) is 4.11. The molecule has 3 aromatic rings. The van der Waals surface area contributed by atoms with Gasteiger partial charge in [-0.15, -0.1) is 0 Å². The first-order valence-electron chi connectivity index (χ1n) is 8.81. The van der Waals surface area contributed by atoms with Crippen LogP contribution in [0.3, 0.4) is 0 Å². The molecule has 1 heterocycles. The number of hydrogen-bond acceptors (Lipinski definition) is 5. The number of benzene rings is 2. The number of rotatable bonds is 6. The van der Waals surface area contributed by atoms with Crippen molar-refractivity contribution in [1.29, 1.82) is 0 Å². The predicted octanol–water partition coefficient (Wildman–Crippen LogP) is 3.43. The lowest BCUT2D eigenvalue weighted by Gasteiger charge is -2.10. The zero-order chi connectivity index (χ0) is 21.0. The summed E-state index contributed by atoms with van der Waals surface area (Å²) in [6.07, 6.45) is 0. The molecular formula is C21H20FN3O4. The number of ether oxygens (including phenoxy) is 2. The highest BCUT2D eigenvalue weighted by molar-refractivity contribution is 5.95. The molecule has 0 bridgehead atoms. The summed E-state index contributed by atoms with van der Waals surface area (Å²) in [4.78, 5) is 24.3. The molecule has 0 aliphatic heterocycles. The summed E-state index contributed by atoms with van der Waals surface area (Å²) >= 11 is 0. The van der Waals surface area contributed by atoms with Crippen LogP contribution in [0, 0.1) is 19.7 Å². The fourth-order valence-electron chi connectivity index (χ4n) is 2.65. The average molecular weight is 397 g/mol. The van der Waals surface area contributed by atoms with E-state index in [9.17, 15) is 14.0 Å². The minimum absolute atomic E-state index is 0.275. The molecule has 0 saturated heterocycles. The van der Waals surface area contributed by atoms with E-state index in [4.69, 9.17) is 9.47 Å². The summed E-state index contributed by atoms with van der Waals surface area (Å²) in [5.74, 6) is -1.59. The summed E-state index contributed by atoms with van der Waals surface area (Å²) < 4.78 is 25.3. The summed E-state index contributed by atoms with van der Waals surface area (Å²) in [6, 6.07) is 13.1. The highest BCUT2D eigenvalue weighted by atomic mass is 19.1. The fourth-order valence-corrected chi connectivity index (χ4v) is 2.65. The molecule has 0 fully saturated rings. The van der Waals surface area contributed by atoms with Gasteiger partial charge in [-0.1, -0.05) is 17.7 Å². The molecule has 1 amide bonds. The van der Waals surface area contributed by atoms with Gasteiger partial charge in [0.2, 0.25) is 0 Å². The van der Waals surface area contributed by atoms with Gasteiger partial charge < -0.3 is 14.8 Å². The van der Waals surface area contributed by atoms with E-state index in [1.807, 2.05) is 31.2 Å². The van der Waals surface area contributed by atoms with Crippen LogP contribution in [0.5, 0.6) is 5.75 Å². The number of aromatic nitrogens is 2. The molecule has 1 N–H and O–H groups in total. The SMILES string of the molecule is COc1ccc(C(=O)OCC(=O)Nc2cc(C)nn2-c2ccc(C)cc2)c(F)c1. The van der Waals surface area contributed by atoms with E-state index in [1.165, 1.54) is 19.2 Å². The van der Waals surface area contributed by atoms with E-state index < -0.39 is 24.3 Å². The number of nitrogens with zero attached hydrogens (tertiary/aromatic N) is 2. The van der Waals surface area contributed by atoms with E-state index in [-0.39, 0.29) is 11.3 Å². The summed E-state index contributed by atoms with van der Waals surface area (Å²) in [6.45, 7) is 3.20. The molecule has 2 aromatic carbocycles. The Morgan fingerprint density at radius 1 is 1.10 bits per heavy atom. The van der Waals surface area contributed by atoms with Gasteiger partial charge in [-0.05, 0) is 38.1 Å². The Morgan fingerprint density at radius 3 is 2.48 bits per heavy atom. The number of halogens is 1. The Kier molecular flexibility index (Phi) is 5.92. The highest BCUT2D eigenvalue weighted by Crippen LogP contribution is 2.19. The number of anilines is 1. The number of carbonyl (C=O) groups excluding carboxylic acids is 2. The standard InChI is InChI=1S/C21H20FN3O4/c1-13-4-6-15(7-5-13)25-19(10-14(2)24-25)23-20(26)12-29-21(27)17-9-8-16(28-3)11-18(17)22/h4-11H,12H2,1-3H3,(H,23,26).